The van der Waals surface area contributed by atoms with Crippen molar-refractivity contribution in [1.82, 2.24) is 9.97 Å². The topological polar surface area (TPSA) is 37.8 Å². The normalized spacial score (nSPS) is 10.4. The van der Waals surface area contributed by atoms with Crippen LogP contribution in [0.15, 0.2) is 18.6 Å². The molecule has 0 aromatic carbocycles. The molecule has 0 fully saturated rings. The minimum Gasteiger partial charge on any atom is -0.369 e. The highest BCUT2D eigenvalue weighted by atomic mass is 15.0. The highest BCUT2D eigenvalue weighted by Gasteiger charge is 2.02. The highest BCUT2D eigenvalue weighted by Crippen LogP contribution is 2.08. The fourth-order valence-corrected chi connectivity index (χ4v) is 1.22. The average Bonchev–Trinajstić information content (AvgIpc) is 2.21. The summed E-state index contributed by atoms with van der Waals surface area (Å²) >= 11 is 0. The van der Waals surface area contributed by atoms with Gasteiger partial charge in [0, 0.05) is 18.9 Å². The first-order valence-electron chi connectivity index (χ1n) is 4.86. The molecule has 3 heteroatoms. The Morgan fingerprint density at radius 2 is 2.08 bits per heavy atom. The predicted molar refractivity (Wildman–Crippen MR) is 54.6 cm³/mol. The fourth-order valence-electron chi connectivity index (χ4n) is 1.22. The van der Waals surface area contributed by atoms with Crippen molar-refractivity contribution in [1.29, 1.82) is 0 Å². The number of rotatable bonds is 5. The third-order valence-electron chi connectivity index (χ3n) is 2.29. The summed E-state index contributed by atoms with van der Waals surface area (Å²) < 4.78 is 0. The van der Waals surface area contributed by atoms with Crippen LogP contribution < -0.4 is 5.32 Å². The van der Waals surface area contributed by atoms with Crippen molar-refractivity contribution in [2.75, 3.05) is 11.9 Å². The van der Waals surface area contributed by atoms with Crippen molar-refractivity contribution >= 4 is 5.82 Å². The second kappa shape index (κ2) is 5.51. The molecule has 13 heavy (non-hydrogen) atoms. The third-order valence-corrected chi connectivity index (χ3v) is 2.29. The Hall–Kier alpha value is -1.12. The predicted octanol–water partition coefficient (Wildman–Crippen LogP) is 2.32. The molecule has 1 N–H and O–H groups in total. The maximum atomic E-state index is 4.15. The molecule has 72 valence electrons. The van der Waals surface area contributed by atoms with E-state index in [4.69, 9.17) is 0 Å². The number of hydrogen-bond acceptors (Lipinski definition) is 3. The molecule has 0 radical (unpaired) electrons. The van der Waals surface area contributed by atoms with E-state index in [1.54, 1.807) is 18.6 Å². The molecule has 0 saturated heterocycles. The number of aromatic nitrogens is 2. The maximum absolute atomic E-state index is 4.15. The van der Waals surface area contributed by atoms with Gasteiger partial charge in [-0.2, -0.15) is 0 Å². The highest BCUT2D eigenvalue weighted by molar-refractivity contribution is 5.29. The molecular formula is C10H17N3. The number of anilines is 1. The van der Waals surface area contributed by atoms with Gasteiger partial charge < -0.3 is 5.32 Å². The molecule has 0 aliphatic heterocycles. The summed E-state index contributed by atoms with van der Waals surface area (Å²) in [5.41, 5.74) is 0. The first kappa shape index (κ1) is 9.96. The third kappa shape index (κ3) is 3.40. The van der Waals surface area contributed by atoms with E-state index in [2.05, 4.69) is 29.1 Å². The Morgan fingerprint density at radius 3 is 2.62 bits per heavy atom. The van der Waals surface area contributed by atoms with Crippen LogP contribution in [-0.4, -0.2) is 16.5 Å². The Kier molecular flexibility index (Phi) is 4.23. The zero-order valence-electron chi connectivity index (χ0n) is 8.33. The maximum Gasteiger partial charge on any atom is 0.144 e. The van der Waals surface area contributed by atoms with Gasteiger partial charge in [0.25, 0.3) is 0 Å². The lowest BCUT2D eigenvalue weighted by Crippen LogP contribution is -2.13. The first-order chi connectivity index (χ1) is 6.36. The van der Waals surface area contributed by atoms with Gasteiger partial charge in [0.2, 0.25) is 0 Å². The van der Waals surface area contributed by atoms with Gasteiger partial charge in [0.1, 0.15) is 5.82 Å². The lowest BCUT2D eigenvalue weighted by atomic mass is 10.0. The van der Waals surface area contributed by atoms with Crippen molar-refractivity contribution in [3.8, 4) is 0 Å². The molecule has 1 heterocycles. The Labute approximate surface area is 79.6 Å². The zero-order chi connectivity index (χ0) is 9.52. The molecule has 0 bridgehead atoms. The largest absolute Gasteiger partial charge is 0.369 e. The quantitative estimate of drug-likeness (QED) is 0.753. The van der Waals surface area contributed by atoms with Crippen LogP contribution in [0.4, 0.5) is 5.82 Å². The van der Waals surface area contributed by atoms with Gasteiger partial charge in [0.15, 0.2) is 0 Å². The van der Waals surface area contributed by atoms with E-state index in [-0.39, 0.29) is 0 Å². The van der Waals surface area contributed by atoms with E-state index in [0.29, 0.717) is 0 Å². The molecule has 0 spiro atoms. The van der Waals surface area contributed by atoms with Crippen LogP contribution >= 0.6 is 0 Å². The van der Waals surface area contributed by atoms with Crippen molar-refractivity contribution in [2.24, 2.45) is 5.92 Å². The smallest absolute Gasteiger partial charge is 0.144 e. The number of nitrogens with zero attached hydrogens (tertiary/aromatic N) is 2. The molecule has 0 saturated carbocycles. The summed E-state index contributed by atoms with van der Waals surface area (Å²) in [5, 5.41) is 3.27. The molecule has 1 rings (SSSR count). The minimum absolute atomic E-state index is 0.738. The van der Waals surface area contributed by atoms with E-state index < -0.39 is 0 Å². The monoisotopic (exact) mass is 179 g/mol. The summed E-state index contributed by atoms with van der Waals surface area (Å²) in [6.45, 7) is 5.42. The molecule has 0 amide bonds. The molecule has 0 aliphatic carbocycles. The van der Waals surface area contributed by atoms with Crippen LogP contribution in [0.5, 0.6) is 0 Å². The van der Waals surface area contributed by atoms with Crippen LogP contribution in [0, 0.1) is 5.92 Å². The van der Waals surface area contributed by atoms with Crippen molar-refractivity contribution in [3.63, 3.8) is 0 Å². The van der Waals surface area contributed by atoms with Crippen LogP contribution in [0.25, 0.3) is 0 Å². The standard InChI is InChI=1S/C10H17N3/c1-3-9(4-2)7-13-10-8-11-5-6-12-10/h5-6,8-9H,3-4,7H2,1-2H3,(H,12,13). The van der Waals surface area contributed by atoms with E-state index in [1.807, 2.05) is 0 Å². The van der Waals surface area contributed by atoms with Crippen LogP contribution in [-0.2, 0) is 0 Å². The summed E-state index contributed by atoms with van der Waals surface area (Å²) in [7, 11) is 0. The lowest BCUT2D eigenvalue weighted by molar-refractivity contribution is 0.518. The number of nitrogens with one attached hydrogen (secondary N) is 1. The molecule has 1 aromatic rings. The summed E-state index contributed by atoms with van der Waals surface area (Å²) in [6.07, 6.45) is 7.56. The van der Waals surface area contributed by atoms with Crippen molar-refractivity contribution in [2.45, 2.75) is 26.7 Å². The molecule has 3 nitrogen and oxygen atoms in total. The van der Waals surface area contributed by atoms with Gasteiger partial charge in [-0.05, 0) is 5.92 Å². The van der Waals surface area contributed by atoms with E-state index in [9.17, 15) is 0 Å². The second-order valence-electron chi connectivity index (χ2n) is 3.15. The van der Waals surface area contributed by atoms with Gasteiger partial charge in [0.05, 0.1) is 6.20 Å². The van der Waals surface area contributed by atoms with Gasteiger partial charge in [-0.15, -0.1) is 0 Å². The van der Waals surface area contributed by atoms with Gasteiger partial charge in [-0.1, -0.05) is 26.7 Å². The fraction of sp³-hybridized carbons (Fsp3) is 0.600. The first-order valence-corrected chi connectivity index (χ1v) is 4.86. The molecular weight excluding hydrogens is 162 g/mol. The lowest BCUT2D eigenvalue weighted by Gasteiger charge is -2.12. The molecule has 0 atom stereocenters. The van der Waals surface area contributed by atoms with Crippen LogP contribution in [0.2, 0.25) is 0 Å². The van der Waals surface area contributed by atoms with E-state index in [0.717, 1.165) is 18.3 Å². The number of hydrogen-bond donors (Lipinski definition) is 1. The Bertz CT molecular complexity index is 219. The minimum atomic E-state index is 0.738. The van der Waals surface area contributed by atoms with Crippen molar-refractivity contribution in [3.05, 3.63) is 18.6 Å². The second-order valence-corrected chi connectivity index (χ2v) is 3.15. The summed E-state index contributed by atoms with van der Waals surface area (Å²) in [4.78, 5) is 8.13. The van der Waals surface area contributed by atoms with Gasteiger partial charge >= 0.3 is 0 Å². The van der Waals surface area contributed by atoms with Crippen LogP contribution in [0.3, 0.4) is 0 Å². The average molecular weight is 179 g/mol. The van der Waals surface area contributed by atoms with E-state index in [1.165, 1.54) is 12.8 Å². The Morgan fingerprint density at radius 1 is 1.31 bits per heavy atom. The van der Waals surface area contributed by atoms with Gasteiger partial charge in [-0.25, -0.2) is 4.98 Å². The SMILES string of the molecule is CCC(CC)CNc1cnccn1. The van der Waals surface area contributed by atoms with Gasteiger partial charge in [-0.3, -0.25) is 4.98 Å². The van der Waals surface area contributed by atoms with Crippen molar-refractivity contribution < 1.29 is 0 Å². The summed E-state index contributed by atoms with van der Waals surface area (Å²) in [5.74, 6) is 1.61. The molecule has 0 aliphatic rings. The van der Waals surface area contributed by atoms with E-state index >= 15 is 0 Å². The van der Waals surface area contributed by atoms with Crippen LogP contribution in [0.1, 0.15) is 26.7 Å². The molecule has 0 unspecified atom stereocenters. The zero-order valence-corrected chi connectivity index (χ0v) is 8.33. The summed E-state index contributed by atoms with van der Waals surface area (Å²) in [6, 6.07) is 0. The molecule has 1 aromatic heterocycles. The Balaban J connectivity index is 2.34.